The van der Waals surface area contributed by atoms with Gasteiger partial charge in [0, 0.05) is 11.6 Å². The van der Waals surface area contributed by atoms with E-state index in [1.54, 1.807) is 17.4 Å². The molecule has 0 aliphatic rings. The predicted octanol–water partition coefficient (Wildman–Crippen LogP) is 3.98. The highest BCUT2D eigenvalue weighted by Crippen LogP contribution is 2.25. The Morgan fingerprint density at radius 2 is 2.21 bits per heavy atom. The Labute approximate surface area is 152 Å². The molecule has 0 unspecified atom stereocenters. The Hall–Kier alpha value is -1.83. The van der Waals surface area contributed by atoms with E-state index in [4.69, 9.17) is 11.6 Å². The van der Waals surface area contributed by atoms with Crippen LogP contribution in [0.3, 0.4) is 0 Å². The van der Waals surface area contributed by atoms with Gasteiger partial charge in [0.05, 0.1) is 10.1 Å². The first-order valence-corrected chi connectivity index (χ1v) is 9.41. The summed E-state index contributed by atoms with van der Waals surface area (Å²) in [6, 6.07) is 11.4. The topological polar surface area (TPSA) is 70.7 Å². The Kier molecular flexibility index (Phi) is 5.55. The lowest BCUT2D eigenvalue weighted by Crippen LogP contribution is -2.30. The SMILES string of the molecule is C[C@@H](Sc1n[nH]c(-c2cccs2)n1)C(=O)NCc1ccccc1Cl. The number of amides is 1. The van der Waals surface area contributed by atoms with Gasteiger partial charge in [-0.15, -0.1) is 16.4 Å². The summed E-state index contributed by atoms with van der Waals surface area (Å²) in [5.41, 5.74) is 0.891. The number of hydrogen-bond acceptors (Lipinski definition) is 5. The standard InChI is InChI=1S/C16H15ClN4OS2/c1-10(15(22)18-9-11-5-2-3-6-12(11)17)24-16-19-14(20-21-16)13-7-4-8-23-13/h2-8,10H,9H2,1H3,(H,18,22)(H,19,20,21)/t10-/m1/s1. The number of nitrogens with zero attached hydrogens (tertiary/aromatic N) is 2. The van der Waals surface area contributed by atoms with Crippen molar-refractivity contribution in [2.45, 2.75) is 23.9 Å². The van der Waals surface area contributed by atoms with Crippen LogP contribution in [-0.2, 0) is 11.3 Å². The zero-order chi connectivity index (χ0) is 16.9. The highest BCUT2D eigenvalue weighted by Gasteiger charge is 2.17. The summed E-state index contributed by atoms with van der Waals surface area (Å²) < 4.78 is 0. The second-order valence-electron chi connectivity index (χ2n) is 5.01. The molecule has 3 rings (SSSR count). The summed E-state index contributed by atoms with van der Waals surface area (Å²) in [6.45, 7) is 2.23. The molecule has 1 aromatic carbocycles. The average molecular weight is 379 g/mol. The van der Waals surface area contributed by atoms with Crippen molar-refractivity contribution in [1.29, 1.82) is 0 Å². The molecule has 2 heterocycles. The predicted molar refractivity (Wildman–Crippen MR) is 98.3 cm³/mol. The number of thioether (sulfide) groups is 1. The molecular formula is C16H15ClN4OS2. The second kappa shape index (κ2) is 7.83. The molecule has 0 radical (unpaired) electrons. The van der Waals surface area contributed by atoms with Gasteiger partial charge in [-0.3, -0.25) is 9.89 Å². The molecule has 2 aromatic heterocycles. The van der Waals surface area contributed by atoms with Crippen LogP contribution in [0.15, 0.2) is 46.9 Å². The molecule has 2 N–H and O–H groups in total. The smallest absolute Gasteiger partial charge is 0.233 e. The third-order valence-electron chi connectivity index (χ3n) is 3.28. The molecule has 0 fully saturated rings. The number of carbonyl (C=O) groups is 1. The van der Waals surface area contributed by atoms with Crippen molar-refractivity contribution in [1.82, 2.24) is 20.5 Å². The minimum Gasteiger partial charge on any atom is -0.351 e. The van der Waals surface area contributed by atoms with Gasteiger partial charge in [-0.05, 0) is 30.0 Å². The maximum atomic E-state index is 12.2. The van der Waals surface area contributed by atoms with Crippen LogP contribution in [0.25, 0.3) is 10.7 Å². The second-order valence-corrected chi connectivity index (χ2v) is 7.68. The van der Waals surface area contributed by atoms with Crippen LogP contribution in [0, 0.1) is 0 Å². The van der Waals surface area contributed by atoms with Crippen molar-refractivity contribution >= 4 is 40.6 Å². The normalized spacial score (nSPS) is 12.1. The van der Waals surface area contributed by atoms with E-state index in [2.05, 4.69) is 20.5 Å². The largest absolute Gasteiger partial charge is 0.351 e. The van der Waals surface area contributed by atoms with Crippen molar-refractivity contribution < 1.29 is 4.79 Å². The van der Waals surface area contributed by atoms with Crippen LogP contribution in [0.1, 0.15) is 12.5 Å². The Morgan fingerprint density at radius 1 is 1.38 bits per heavy atom. The van der Waals surface area contributed by atoms with Crippen molar-refractivity contribution in [3.8, 4) is 10.7 Å². The van der Waals surface area contributed by atoms with Gasteiger partial charge < -0.3 is 5.32 Å². The fourth-order valence-electron chi connectivity index (χ4n) is 2.00. The molecular weight excluding hydrogens is 364 g/mol. The number of carbonyl (C=O) groups excluding carboxylic acids is 1. The molecule has 8 heteroatoms. The van der Waals surface area contributed by atoms with Crippen LogP contribution < -0.4 is 5.32 Å². The first-order chi connectivity index (χ1) is 11.6. The Morgan fingerprint density at radius 3 is 2.96 bits per heavy atom. The fraction of sp³-hybridized carbons (Fsp3) is 0.188. The highest BCUT2D eigenvalue weighted by atomic mass is 35.5. The lowest BCUT2D eigenvalue weighted by molar-refractivity contribution is -0.120. The highest BCUT2D eigenvalue weighted by molar-refractivity contribution is 8.00. The van der Waals surface area contributed by atoms with Gasteiger partial charge in [0.1, 0.15) is 0 Å². The number of aromatic nitrogens is 3. The number of H-pyrrole nitrogens is 1. The Balaban J connectivity index is 1.55. The number of benzene rings is 1. The summed E-state index contributed by atoms with van der Waals surface area (Å²) in [5, 5.41) is 12.8. The van der Waals surface area contributed by atoms with Gasteiger partial charge in [0.15, 0.2) is 5.82 Å². The number of nitrogens with one attached hydrogen (secondary N) is 2. The first kappa shape index (κ1) is 17.0. The zero-order valence-electron chi connectivity index (χ0n) is 12.8. The minimum absolute atomic E-state index is 0.0811. The van der Waals surface area contributed by atoms with E-state index < -0.39 is 0 Å². The minimum atomic E-state index is -0.306. The maximum Gasteiger partial charge on any atom is 0.233 e. The van der Waals surface area contributed by atoms with E-state index in [-0.39, 0.29) is 11.2 Å². The van der Waals surface area contributed by atoms with E-state index in [0.29, 0.717) is 16.7 Å². The molecule has 0 aliphatic carbocycles. The van der Waals surface area contributed by atoms with Crippen LogP contribution in [0.4, 0.5) is 0 Å². The lowest BCUT2D eigenvalue weighted by Gasteiger charge is -2.10. The van der Waals surface area contributed by atoms with Gasteiger partial charge in [-0.25, -0.2) is 4.98 Å². The van der Waals surface area contributed by atoms with Crippen molar-refractivity contribution in [3.63, 3.8) is 0 Å². The molecule has 1 amide bonds. The van der Waals surface area contributed by atoms with E-state index in [9.17, 15) is 4.79 Å². The number of hydrogen-bond donors (Lipinski definition) is 2. The van der Waals surface area contributed by atoms with Crippen LogP contribution in [0.2, 0.25) is 5.02 Å². The molecule has 0 spiro atoms. The molecule has 24 heavy (non-hydrogen) atoms. The van der Waals surface area contributed by atoms with Gasteiger partial charge in [-0.2, -0.15) is 0 Å². The quantitative estimate of drug-likeness (QED) is 0.636. The molecule has 1 atom stereocenters. The molecule has 0 saturated carbocycles. The number of aromatic amines is 1. The first-order valence-electron chi connectivity index (χ1n) is 7.27. The zero-order valence-corrected chi connectivity index (χ0v) is 15.2. The van der Waals surface area contributed by atoms with Crippen molar-refractivity contribution in [2.24, 2.45) is 0 Å². The third kappa shape index (κ3) is 4.17. The summed E-state index contributed by atoms with van der Waals surface area (Å²) >= 11 is 8.99. The molecule has 0 aliphatic heterocycles. The fourth-order valence-corrected chi connectivity index (χ4v) is 3.62. The number of rotatable bonds is 6. The van der Waals surface area contributed by atoms with Crippen molar-refractivity contribution in [3.05, 3.63) is 52.4 Å². The van der Waals surface area contributed by atoms with Gasteiger partial charge in [0.2, 0.25) is 11.1 Å². The van der Waals surface area contributed by atoms with Gasteiger partial charge >= 0.3 is 0 Å². The van der Waals surface area contributed by atoms with Crippen LogP contribution in [-0.4, -0.2) is 26.3 Å². The molecule has 124 valence electrons. The Bertz CT molecular complexity index is 819. The third-order valence-corrected chi connectivity index (χ3v) is 5.49. The average Bonchev–Trinajstić information content (AvgIpc) is 3.25. The molecule has 0 bridgehead atoms. The summed E-state index contributed by atoms with van der Waals surface area (Å²) in [7, 11) is 0. The van der Waals surface area contributed by atoms with Crippen LogP contribution in [0.5, 0.6) is 0 Å². The van der Waals surface area contributed by atoms with Crippen LogP contribution >= 0.6 is 34.7 Å². The van der Waals surface area contributed by atoms with E-state index in [1.165, 1.54) is 11.8 Å². The van der Waals surface area contributed by atoms with Crippen molar-refractivity contribution in [2.75, 3.05) is 0 Å². The van der Waals surface area contributed by atoms with E-state index >= 15 is 0 Å². The van der Waals surface area contributed by atoms with E-state index in [0.717, 1.165) is 16.3 Å². The van der Waals surface area contributed by atoms with Gasteiger partial charge in [0.25, 0.3) is 0 Å². The monoisotopic (exact) mass is 378 g/mol. The summed E-state index contributed by atoms with van der Waals surface area (Å²) in [6.07, 6.45) is 0. The van der Waals surface area contributed by atoms with E-state index in [1.807, 2.05) is 42.6 Å². The number of halogens is 1. The van der Waals surface area contributed by atoms with Gasteiger partial charge in [-0.1, -0.05) is 47.6 Å². The summed E-state index contributed by atoms with van der Waals surface area (Å²) in [5.74, 6) is 0.638. The molecule has 3 aromatic rings. The maximum absolute atomic E-state index is 12.2. The lowest BCUT2D eigenvalue weighted by atomic mass is 10.2. The molecule has 5 nitrogen and oxygen atoms in total. The summed E-state index contributed by atoms with van der Waals surface area (Å²) in [4.78, 5) is 17.7. The number of thiophene rings is 1. The molecule has 0 saturated heterocycles.